The van der Waals surface area contributed by atoms with Crippen molar-refractivity contribution in [1.82, 2.24) is 4.90 Å². The van der Waals surface area contributed by atoms with E-state index in [1.165, 1.54) is 11.1 Å². The Hall–Kier alpha value is -2.53. The van der Waals surface area contributed by atoms with Crippen LogP contribution in [0.5, 0.6) is 11.5 Å². The molecule has 2 aromatic rings. The molecule has 5 nitrogen and oxygen atoms in total. The first kappa shape index (κ1) is 22.2. The van der Waals surface area contributed by atoms with Gasteiger partial charge in [-0.2, -0.15) is 0 Å². The summed E-state index contributed by atoms with van der Waals surface area (Å²) in [4.78, 5) is 17.2. The van der Waals surface area contributed by atoms with E-state index in [4.69, 9.17) is 9.47 Å². The van der Waals surface area contributed by atoms with Crippen molar-refractivity contribution in [2.24, 2.45) is 0 Å². The van der Waals surface area contributed by atoms with Gasteiger partial charge in [0.15, 0.2) is 0 Å². The van der Waals surface area contributed by atoms with E-state index < -0.39 is 0 Å². The molecule has 1 fully saturated rings. The molecule has 0 radical (unpaired) electrons. The lowest BCUT2D eigenvalue weighted by molar-refractivity contribution is -0.119. The van der Waals surface area contributed by atoms with Crippen LogP contribution < -0.4 is 14.4 Å². The lowest BCUT2D eigenvalue weighted by Gasteiger charge is -2.38. The van der Waals surface area contributed by atoms with Crippen molar-refractivity contribution in [3.8, 4) is 11.5 Å². The van der Waals surface area contributed by atoms with Crippen molar-refractivity contribution in [2.75, 3.05) is 32.2 Å². The molecule has 5 heteroatoms. The van der Waals surface area contributed by atoms with Gasteiger partial charge >= 0.3 is 0 Å². The molecule has 1 aliphatic rings. The monoisotopic (exact) mass is 410 g/mol. The molecular weight excluding hydrogens is 376 g/mol. The van der Waals surface area contributed by atoms with Crippen LogP contribution in [-0.4, -0.2) is 44.2 Å². The van der Waals surface area contributed by atoms with E-state index in [9.17, 15) is 4.79 Å². The van der Waals surface area contributed by atoms with Crippen LogP contribution >= 0.6 is 0 Å². The number of benzene rings is 2. The predicted molar refractivity (Wildman–Crippen MR) is 121 cm³/mol. The first-order chi connectivity index (χ1) is 14.6. The molecule has 1 saturated heterocycles. The van der Waals surface area contributed by atoms with Crippen LogP contribution in [0.2, 0.25) is 0 Å². The number of amides is 1. The summed E-state index contributed by atoms with van der Waals surface area (Å²) in [6.45, 7) is 6.88. The second-order valence-electron chi connectivity index (χ2n) is 7.87. The van der Waals surface area contributed by atoms with Gasteiger partial charge in [0.05, 0.1) is 14.2 Å². The Morgan fingerprint density at radius 3 is 2.07 bits per heavy atom. The highest BCUT2D eigenvalue weighted by molar-refractivity contribution is 5.93. The van der Waals surface area contributed by atoms with E-state index in [1.54, 1.807) is 14.2 Å². The molecule has 0 aromatic heterocycles. The Balaban J connectivity index is 1.67. The molecule has 0 aliphatic carbocycles. The molecule has 2 aromatic carbocycles. The summed E-state index contributed by atoms with van der Waals surface area (Å²) in [7, 11) is 3.35. The average Bonchev–Trinajstić information content (AvgIpc) is 2.80. The smallest absolute Gasteiger partial charge is 0.226 e. The van der Waals surface area contributed by atoms with Gasteiger partial charge in [0.2, 0.25) is 5.91 Å². The van der Waals surface area contributed by atoms with Gasteiger partial charge in [0.1, 0.15) is 11.5 Å². The Morgan fingerprint density at radius 1 is 0.967 bits per heavy atom. The number of rotatable bonds is 8. The first-order valence-corrected chi connectivity index (χ1v) is 10.9. The Kier molecular flexibility index (Phi) is 7.75. The number of methoxy groups -OCH3 is 2. The third kappa shape index (κ3) is 5.33. The normalized spacial score (nSPS) is 15.1. The van der Waals surface area contributed by atoms with Crippen molar-refractivity contribution in [3.05, 3.63) is 53.6 Å². The number of aryl methyl sites for hydroxylation is 1. The minimum atomic E-state index is 0.204. The number of carbonyl (C=O) groups is 1. The predicted octanol–water partition coefficient (Wildman–Crippen LogP) is 4.67. The van der Waals surface area contributed by atoms with Crippen LogP contribution in [0.25, 0.3) is 0 Å². The molecule has 0 spiro atoms. The summed E-state index contributed by atoms with van der Waals surface area (Å²) in [5.74, 6) is 1.83. The van der Waals surface area contributed by atoms with Gasteiger partial charge in [-0.15, -0.1) is 0 Å². The van der Waals surface area contributed by atoms with Crippen LogP contribution in [0.4, 0.5) is 5.69 Å². The van der Waals surface area contributed by atoms with E-state index in [0.717, 1.165) is 56.1 Å². The number of ether oxygens (including phenoxy) is 2. The Bertz CT molecular complexity index is 805. The summed E-state index contributed by atoms with van der Waals surface area (Å²) in [5.41, 5.74) is 3.50. The third-order valence-corrected chi connectivity index (χ3v) is 5.93. The van der Waals surface area contributed by atoms with E-state index in [1.807, 2.05) is 17.9 Å². The zero-order chi connectivity index (χ0) is 21.5. The maximum atomic E-state index is 12.8. The van der Waals surface area contributed by atoms with Crippen molar-refractivity contribution in [1.29, 1.82) is 0 Å². The van der Waals surface area contributed by atoms with E-state index >= 15 is 0 Å². The van der Waals surface area contributed by atoms with Gasteiger partial charge in [0.25, 0.3) is 0 Å². The third-order valence-electron chi connectivity index (χ3n) is 5.93. The first-order valence-electron chi connectivity index (χ1n) is 10.9. The van der Waals surface area contributed by atoms with Gasteiger partial charge in [-0.1, -0.05) is 26.0 Å². The fourth-order valence-corrected chi connectivity index (χ4v) is 4.17. The second kappa shape index (κ2) is 10.5. The molecule has 0 N–H and O–H groups in total. The molecule has 0 bridgehead atoms. The quantitative estimate of drug-likeness (QED) is 0.634. The number of likely N-dealkylation sites (tertiary alicyclic amines) is 1. The van der Waals surface area contributed by atoms with Crippen LogP contribution in [0.1, 0.15) is 44.2 Å². The molecule has 0 atom stereocenters. The fraction of sp³-hybridized carbons (Fsp3) is 0.480. The second-order valence-corrected chi connectivity index (χ2v) is 7.87. The highest BCUT2D eigenvalue weighted by Crippen LogP contribution is 2.28. The molecule has 0 saturated carbocycles. The lowest BCUT2D eigenvalue weighted by Crippen LogP contribution is -2.47. The van der Waals surface area contributed by atoms with E-state index in [-0.39, 0.29) is 11.9 Å². The van der Waals surface area contributed by atoms with Gasteiger partial charge in [-0.05, 0) is 54.7 Å². The van der Waals surface area contributed by atoms with E-state index in [2.05, 4.69) is 48.2 Å². The summed E-state index contributed by atoms with van der Waals surface area (Å²) in [5, 5.41) is 0. The summed E-state index contributed by atoms with van der Waals surface area (Å²) in [6.07, 6.45) is 3.49. The van der Waals surface area contributed by atoms with Crippen LogP contribution in [0.15, 0.2) is 42.5 Å². The molecule has 1 amide bonds. The van der Waals surface area contributed by atoms with Gasteiger partial charge in [0, 0.05) is 43.9 Å². The molecule has 1 aliphatic heterocycles. The SMILES string of the molecule is CCC(=O)N(c1ccc(CC)cc1)C1CCN(Cc2cc(OC)cc(OC)c2)CC1. The number of nitrogens with zero attached hydrogens (tertiary/aromatic N) is 2. The highest BCUT2D eigenvalue weighted by Gasteiger charge is 2.28. The summed E-state index contributed by atoms with van der Waals surface area (Å²) < 4.78 is 10.8. The molecule has 3 rings (SSSR count). The van der Waals surface area contributed by atoms with Gasteiger partial charge in [-0.3, -0.25) is 9.69 Å². The topological polar surface area (TPSA) is 42.0 Å². The largest absolute Gasteiger partial charge is 0.497 e. The summed E-state index contributed by atoms with van der Waals surface area (Å²) >= 11 is 0. The number of piperidine rings is 1. The zero-order valence-electron chi connectivity index (χ0n) is 18.7. The molecule has 0 unspecified atom stereocenters. The Labute approximate surface area is 180 Å². The van der Waals surface area contributed by atoms with Gasteiger partial charge < -0.3 is 14.4 Å². The fourth-order valence-electron chi connectivity index (χ4n) is 4.17. The van der Waals surface area contributed by atoms with E-state index in [0.29, 0.717) is 6.42 Å². The van der Waals surface area contributed by atoms with Crippen molar-refractivity contribution >= 4 is 11.6 Å². The average molecular weight is 411 g/mol. The number of anilines is 1. The number of hydrogen-bond acceptors (Lipinski definition) is 4. The van der Waals surface area contributed by atoms with Crippen LogP contribution in [0.3, 0.4) is 0 Å². The molecule has 162 valence electrons. The minimum Gasteiger partial charge on any atom is -0.497 e. The standard InChI is InChI=1S/C25H34N2O3/c1-5-19-7-9-21(10-8-19)27(25(28)6-2)22-11-13-26(14-12-22)18-20-15-23(29-3)17-24(16-20)30-4/h7-10,15-17,22H,5-6,11-14,18H2,1-4H3. The van der Waals surface area contributed by atoms with Crippen LogP contribution in [-0.2, 0) is 17.8 Å². The molecule has 1 heterocycles. The zero-order valence-corrected chi connectivity index (χ0v) is 18.7. The van der Waals surface area contributed by atoms with Crippen LogP contribution in [0, 0.1) is 0 Å². The van der Waals surface area contributed by atoms with Gasteiger partial charge in [-0.25, -0.2) is 0 Å². The maximum absolute atomic E-state index is 12.8. The number of hydrogen-bond donors (Lipinski definition) is 0. The minimum absolute atomic E-state index is 0.204. The highest BCUT2D eigenvalue weighted by atomic mass is 16.5. The van der Waals surface area contributed by atoms with Crippen molar-refractivity contribution in [2.45, 2.75) is 52.1 Å². The lowest BCUT2D eigenvalue weighted by atomic mass is 10.0. The Morgan fingerprint density at radius 2 is 1.57 bits per heavy atom. The molecular formula is C25H34N2O3. The van der Waals surface area contributed by atoms with Crippen molar-refractivity contribution < 1.29 is 14.3 Å². The maximum Gasteiger partial charge on any atom is 0.226 e. The number of carbonyl (C=O) groups excluding carboxylic acids is 1. The summed E-state index contributed by atoms with van der Waals surface area (Å²) in [6, 6.07) is 14.7. The molecule has 30 heavy (non-hydrogen) atoms. The van der Waals surface area contributed by atoms with Crippen molar-refractivity contribution in [3.63, 3.8) is 0 Å².